The van der Waals surface area contributed by atoms with Gasteiger partial charge in [-0.15, -0.1) is 0 Å². The number of nitrogens with one attached hydrogen (secondary N) is 2. The Bertz CT molecular complexity index is 714. The van der Waals surface area contributed by atoms with Gasteiger partial charge in [-0.05, 0) is 43.9 Å². The van der Waals surface area contributed by atoms with Crippen molar-refractivity contribution < 1.29 is 5.11 Å². The fourth-order valence-electron chi connectivity index (χ4n) is 2.82. The first-order chi connectivity index (χ1) is 11.2. The Labute approximate surface area is 135 Å². The van der Waals surface area contributed by atoms with Crippen molar-refractivity contribution in [1.82, 2.24) is 15.6 Å². The van der Waals surface area contributed by atoms with Gasteiger partial charge in [0.1, 0.15) is 11.6 Å². The van der Waals surface area contributed by atoms with E-state index >= 15 is 0 Å². The minimum Gasteiger partial charge on any atom is -0.391 e. The van der Waals surface area contributed by atoms with Gasteiger partial charge in [-0.1, -0.05) is 6.07 Å². The Morgan fingerprint density at radius 3 is 2.96 bits per heavy atom. The third kappa shape index (κ3) is 3.25. The molecule has 23 heavy (non-hydrogen) atoms. The lowest BCUT2D eigenvalue weighted by Crippen LogP contribution is -2.40. The monoisotopic (exact) mass is 309 g/mol. The largest absolute Gasteiger partial charge is 0.391 e. The Hall–Kier alpha value is -2.65. The molecule has 6 heteroatoms. The van der Waals surface area contributed by atoms with Crippen LogP contribution in [-0.4, -0.2) is 28.2 Å². The zero-order valence-electron chi connectivity index (χ0n) is 13.0. The maximum atomic E-state index is 9.92. The molecule has 3 N–H and O–H groups in total. The molecule has 1 fully saturated rings. The van der Waals surface area contributed by atoms with Crippen molar-refractivity contribution in [1.29, 1.82) is 5.26 Å². The van der Waals surface area contributed by atoms with Crippen LogP contribution < -0.4 is 10.6 Å². The van der Waals surface area contributed by atoms with Gasteiger partial charge in [-0.2, -0.15) is 5.26 Å². The molecule has 1 saturated carbocycles. The summed E-state index contributed by atoms with van der Waals surface area (Å²) in [5.74, 6) is 0.556. The second-order valence-corrected chi connectivity index (χ2v) is 5.72. The van der Waals surface area contributed by atoms with Crippen LogP contribution in [0.1, 0.15) is 31.9 Å². The maximum Gasteiger partial charge on any atom is 0.200 e. The number of aliphatic hydroxyl groups excluding tert-OH is 1. The molecule has 2 aliphatic rings. The summed E-state index contributed by atoms with van der Waals surface area (Å²) < 4.78 is 0. The van der Waals surface area contributed by atoms with Crippen molar-refractivity contribution in [2.45, 2.75) is 38.3 Å². The van der Waals surface area contributed by atoms with Crippen LogP contribution in [0.25, 0.3) is 5.57 Å². The third-order valence-corrected chi connectivity index (χ3v) is 4.08. The van der Waals surface area contributed by atoms with Crippen LogP contribution in [0, 0.1) is 11.3 Å². The Balaban J connectivity index is 1.94. The number of aliphatic imine (C=N–C) groups is 1. The predicted octanol–water partition coefficient (Wildman–Crippen LogP) is 1.68. The van der Waals surface area contributed by atoms with E-state index in [1.807, 2.05) is 25.3 Å². The van der Waals surface area contributed by atoms with E-state index in [1.54, 1.807) is 12.3 Å². The molecule has 1 aromatic heterocycles. The molecular formula is C17H19N5O. The smallest absolute Gasteiger partial charge is 0.200 e. The Kier molecular flexibility index (Phi) is 4.40. The van der Waals surface area contributed by atoms with Crippen LogP contribution in [-0.2, 0) is 0 Å². The fraction of sp³-hybridized carbons (Fsp3) is 0.353. The minimum absolute atomic E-state index is 0.0987. The fourth-order valence-corrected chi connectivity index (χ4v) is 2.82. The maximum absolute atomic E-state index is 9.92. The summed E-state index contributed by atoms with van der Waals surface area (Å²) in [5, 5.41) is 25.7. The lowest BCUT2D eigenvalue weighted by atomic mass is 10.1. The first-order valence-corrected chi connectivity index (χ1v) is 7.71. The van der Waals surface area contributed by atoms with Crippen molar-refractivity contribution in [2.24, 2.45) is 4.99 Å². The predicted molar refractivity (Wildman–Crippen MR) is 87.9 cm³/mol. The summed E-state index contributed by atoms with van der Waals surface area (Å²) in [5.41, 5.74) is 2.68. The van der Waals surface area contributed by atoms with Crippen LogP contribution in [0.15, 0.2) is 46.9 Å². The van der Waals surface area contributed by atoms with Gasteiger partial charge in [-0.3, -0.25) is 4.98 Å². The molecular weight excluding hydrogens is 290 g/mol. The topological polar surface area (TPSA) is 93.3 Å². The normalized spacial score (nSPS) is 27.7. The highest BCUT2D eigenvalue weighted by Gasteiger charge is 2.26. The van der Waals surface area contributed by atoms with Crippen molar-refractivity contribution in [3.05, 3.63) is 47.6 Å². The molecule has 1 aliphatic heterocycles. The molecule has 0 unspecified atom stereocenters. The highest BCUT2D eigenvalue weighted by atomic mass is 16.3. The highest BCUT2D eigenvalue weighted by Crippen LogP contribution is 2.24. The SMILES string of the molecule is CC1=CNC(=N[C@H]2CCC[C@@H]2O)N/C1=C(\C#N)c1ccccn1. The average molecular weight is 309 g/mol. The van der Waals surface area contributed by atoms with Gasteiger partial charge < -0.3 is 15.7 Å². The van der Waals surface area contributed by atoms with Crippen LogP contribution in [0.4, 0.5) is 0 Å². The summed E-state index contributed by atoms with van der Waals surface area (Å²) >= 11 is 0. The molecule has 6 nitrogen and oxygen atoms in total. The summed E-state index contributed by atoms with van der Waals surface area (Å²) in [6, 6.07) is 7.60. The van der Waals surface area contributed by atoms with E-state index in [2.05, 4.69) is 26.7 Å². The van der Waals surface area contributed by atoms with Crippen molar-refractivity contribution in [3.8, 4) is 6.07 Å². The van der Waals surface area contributed by atoms with E-state index in [0.717, 1.165) is 24.8 Å². The summed E-state index contributed by atoms with van der Waals surface area (Å²) in [6.45, 7) is 1.91. The lowest BCUT2D eigenvalue weighted by molar-refractivity contribution is 0.166. The second-order valence-electron chi connectivity index (χ2n) is 5.72. The van der Waals surface area contributed by atoms with E-state index in [-0.39, 0.29) is 6.04 Å². The second kappa shape index (κ2) is 6.63. The molecule has 0 radical (unpaired) electrons. The first-order valence-electron chi connectivity index (χ1n) is 7.71. The van der Waals surface area contributed by atoms with Gasteiger partial charge >= 0.3 is 0 Å². The van der Waals surface area contributed by atoms with Crippen LogP contribution in [0.3, 0.4) is 0 Å². The molecule has 0 saturated heterocycles. The molecule has 0 spiro atoms. The van der Waals surface area contributed by atoms with Gasteiger partial charge in [-0.25, -0.2) is 4.99 Å². The number of rotatable bonds is 2. The van der Waals surface area contributed by atoms with Crippen molar-refractivity contribution in [3.63, 3.8) is 0 Å². The van der Waals surface area contributed by atoms with E-state index in [9.17, 15) is 10.4 Å². The quantitative estimate of drug-likeness (QED) is 0.723. The molecule has 118 valence electrons. The number of hydrogen-bond donors (Lipinski definition) is 3. The molecule has 2 atom stereocenters. The molecule has 0 bridgehead atoms. The van der Waals surface area contributed by atoms with E-state index in [0.29, 0.717) is 22.9 Å². The number of pyridine rings is 1. The standard InChI is InChI=1S/C17H19N5O/c1-11-10-20-17(21-14-6-4-7-15(14)23)22-16(11)12(9-18)13-5-2-3-8-19-13/h2-3,5,8,10,14-15,23H,4,6-7H2,1H3,(H2,20,21,22)/b16-12+/t14-,15-/m0/s1. The van der Waals surface area contributed by atoms with Crippen molar-refractivity contribution >= 4 is 11.5 Å². The molecule has 1 aromatic rings. The van der Waals surface area contributed by atoms with Crippen LogP contribution in [0.5, 0.6) is 0 Å². The number of allylic oxidation sites excluding steroid dienone is 2. The number of aromatic nitrogens is 1. The van der Waals surface area contributed by atoms with E-state index in [1.165, 1.54) is 0 Å². The molecule has 0 amide bonds. The van der Waals surface area contributed by atoms with Crippen LogP contribution >= 0.6 is 0 Å². The molecule has 1 aliphatic carbocycles. The van der Waals surface area contributed by atoms with Gasteiger partial charge in [0.2, 0.25) is 0 Å². The number of nitrogens with zero attached hydrogens (tertiary/aromatic N) is 3. The van der Waals surface area contributed by atoms with Gasteiger partial charge in [0.15, 0.2) is 5.96 Å². The summed E-state index contributed by atoms with van der Waals surface area (Å²) in [6.07, 6.45) is 5.73. The Morgan fingerprint density at radius 2 is 2.30 bits per heavy atom. The number of aliphatic hydroxyl groups is 1. The third-order valence-electron chi connectivity index (χ3n) is 4.08. The number of hydrogen-bond acceptors (Lipinski definition) is 4. The van der Waals surface area contributed by atoms with Crippen molar-refractivity contribution in [2.75, 3.05) is 0 Å². The van der Waals surface area contributed by atoms with Crippen LogP contribution in [0.2, 0.25) is 0 Å². The van der Waals surface area contributed by atoms with Gasteiger partial charge in [0.25, 0.3) is 0 Å². The van der Waals surface area contributed by atoms with E-state index in [4.69, 9.17) is 0 Å². The summed E-state index contributed by atoms with van der Waals surface area (Å²) in [4.78, 5) is 8.80. The molecule has 2 heterocycles. The average Bonchev–Trinajstić information content (AvgIpc) is 2.97. The zero-order valence-corrected chi connectivity index (χ0v) is 13.0. The van der Waals surface area contributed by atoms with E-state index < -0.39 is 6.10 Å². The van der Waals surface area contributed by atoms with Gasteiger partial charge in [0, 0.05) is 12.4 Å². The zero-order chi connectivity index (χ0) is 16.2. The lowest BCUT2D eigenvalue weighted by Gasteiger charge is -2.22. The van der Waals surface area contributed by atoms with Gasteiger partial charge in [0.05, 0.1) is 23.5 Å². The molecule has 0 aromatic carbocycles. The highest BCUT2D eigenvalue weighted by molar-refractivity contribution is 5.91. The number of nitriles is 1. The summed E-state index contributed by atoms with van der Waals surface area (Å²) in [7, 11) is 0. The minimum atomic E-state index is -0.392. The first kappa shape index (κ1) is 15.3. The molecule has 3 rings (SSSR count). The Morgan fingerprint density at radius 1 is 1.43 bits per heavy atom. The number of guanidine groups is 1.